The lowest BCUT2D eigenvalue weighted by molar-refractivity contribution is 0.175. The molecule has 1 aliphatic heterocycles. The van der Waals surface area contributed by atoms with Crippen molar-refractivity contribution in [1.29, 1.82) is 0 Å². The molecule has 0 aromatic carbocycles. The second kappa shape index (κ2) is 6.71. The molecule has 1 aromatic heterocycles. The average molecular weight is 249 g/mol. The smallest absolute Gasteiger partial charge is 0.217 e. The van der Waals surface area contributed by atoms with Crippen LogP contribution in [0.25, 0.3) is 0 Å². The summed E-state index contributed by atoms with van der Waals surface area (Å²) in [7, 11) is 3.72. The van der Waals surface area contributed by atoms with Gasteiger partial charge in [-0.1, -0.05) is 6.07 Å². The highest BCUT2D eigenvalue weighted by Gasteiger charge is 2.19. The van der Waals surface area contributed by atoms with Gasteiger partial charge in [0.05, 0.1) is 7.11 Å². The predicted octanol–water partition coefficient (Wildman–Crippen LogP) is 1.52. The number of hydrogen-bond donors (Lipinski definition) is 1. The van der Waals surface area contributed by atoms with Gasteiger partial charge in [0.1, 0.15) is 0 Å². The molecule has 0 amide bonds. The fraction of sp³-hybridized carbons (Fsp3) is 0.643. The molecule has 1 aromatic rings. The van der Waals surface area contributed by atoms with Crippen molar-refractivity contribution in [3.63, 3.8) is 0 Å². The van der Waals surface area contributed by atoms with Crippen molar-refractivity contribution in [2.75, 3.05) is 33.8 Å². The molecule has 1 saturated heterocycles. The number of aromatic nitrogens is 1. The van der Waals surface area contributed by atoms with Crippen LogP contribution in [0, 0.1) is 5.92 Å². The molecule has 100 valence electrons. The van der Waals surface area contributed by atoms with E-state index in [2.05, 4.69) is 21.3 Å². The second-order valence-electron chi connectivity index (χ2n) is 4.95. The fourth-order valence-corrected chi connectivity index (χ4v) is 2.61. The number of methoxy groups -OCH3 is 1. The third-order valence-electron chi connectivity index (χ3n) is 3.64. The van der Waals surface area contributed by atoms with Crippen LogP contribution in [0.1, 0.15) is 18.4 Å². The maximum absolute atomic E-state index is 5.30. The van der Waals surface area contributed by atoms with Crippen molar-refractivity contribution >= 4 is 0 Å². The maximum Gasteiger partial charge on any atom is 0.217 e. The van der Waals surface area contributed by atoms with Crippen LogP contribution >= 0.6 is 0 Å². The van der Waals surface area contributed by atoms with Crippen LogP contribution in [-0.4, -0.2) is 43.7 Å². The molecule has 1 fully saturated rings. The van der Waals surface area contributed by atoms with Gasteiger partial charge in [0.2, 0.25) is 5.88 Å². The van der Waals surface area contributed by atoms with E-state index in [1.54, 1.807) is 13.3 Å². The monoisotopic (exact) mass is 249 g/mol. The lowest BCUT2D eigenvalue weighted by Gasteiger charge is -2.32. The van der Waals surface area contributed by atoms with Gasteiger partial charge in [-0.05, 0) is 51.5 Å². The highest BCUT2D eigenvalue weighted by atomic mass is 16.5. The van der Waals surface area contributed by atoms with Gasteiger partial charge >= 0.3 is 0 Å². The lowest BCUT2D eigenvalue weighted by Crippen LogP contribution is -2.36. The van der Waals surface area contributed by atoms with Gasteiger partial charge < -0.3 is 10.1 Å². The summed E-state index contributed by atoms with van der Waals surface area (Å²) in [6.45, 7) is 4.43. The molecule has 0 bridgehead atoms. The largest absolute Gasteiger partial charge is 0.481 e. The molecule has 0 unspecified atom stereocenters. The fourth-order valence-electron chi connectivity index (χ4n) is 2.61. The number of likely N-dealkylation sites (tertiary alicyclic amines) is 1. The first-order chi connectivity index (χ1) is 8.83. The minimum absolute atomic E-state index is 0.759. The van der Waals surface area contributed by atoms with Gasteiger partial charge in [0.25, 0.3) is 0 Å². The minimum atomic E-state index is 0.759. The number of pyridine rings is 1. The first-order valence-corrected chi connectivity index (χ1v) is 6.68. The summed E-state index contributed by atoms with van der Waals surface area (Å²) in [5.41, 5.74) is 1.19. The molecule has 0 spiro atoms. The zero-order chi connectivity index (χ0) is 12.8. The molecular weight excluding hydrogens is 226 g/mol. The molecule has 18 heavy (non-hydrogen) atoms. The lowest BCUT2D eigenvalue weighted by atomic mass is 9.96. The summed E-state index contributed by atoms with van der Waals surface area (Å²) < 4.78 is 5.30. The van der Waals surface area contributed by atoms with Crippen LogP contribution in [-0.2, 0) is 6.54 Å². The quantitative estimate of drug-likeness (QED) is 0.858. The first-order valence-electron chi connectivity index (χ1n) is 6.68. The molecule has 4 nitrogen and oxygen atoms in total. The number of ether oxygens (including phenoxy) is 1. The summed E-state index contributed by atoms with van der Waals surface area (Å²) >= 11 is 0. The van der Waals surface area contributed by atoms with Crippen LogP contribution in [0.5, 0.6) is 5.88 Å². The van der Waals surface area contributed by atoms with Gasteiger partial charge in [0.15, 0.2) is 0 Å². The van der Waals surface area contributed by atoms with Crippen molar-refractivity contribution in [3.05, 3.63) is 23.9 Å². The Morgan fingerprint density at radius 2 is 2.22 bits per heavy atom. The standard InChI is InChI=1S/C14H23N3O/c1-15-10-12-5-8-17(9-6-12)11-13-4-3-7-16-14(13)18-2/h3-4,7,12,15H,5-6,8-11H2,1-2H3. The van der Waals surface area contributed by atoms with Crippen molar-refractivity contribution in [2.24, 2.45) is 5.92 Å². The molecule has 2 rings (SSSR count). The number of nitrogens with zero attached hydrogens (tertiary/aromatic N) is 2. The van der Waals surface area contributed by atoms with E-state index in [0.29, 0.717) is 0 Å². The zero-order valence-corrected chi connectivity index (χ0v) is 11.4. The maximum atomic E-state index is 5.30. The van der Waals surface area contributed by atoms with E-state index in [9.17, 15) is 0 Å². The second-order valence-corrected chi connectivity index (χ2v) is 4.95. The molecule has 4 heteroatoms. The molecule has 1 aliphatic rings. The summed E-state index contributed by atoms with van der Waals surface area (Å²) in [6.07, 6.45) is 4.34. The summed E-state index contributed by atoms with van der Waals surface area (Å²) in [5.74, 6) is 1.59. The van der Waals surface area contributed by atoms with Crippen LogP contribution in [0.4, 0.5) is 0 Å². The Bertz CT molecular complexity index is 362. The Labute approximate surface area is 109 Å². The van der Waals surface area contributed by atoms with Crippen molar-refractivity contribution < 1.29 is 4.74 Å². The summed E-state index contributed by atoms with van der Waals surface area (Å²) in [4.78, 5) is 6.74. The molecule has 0 atom stereocenters. The Morgan fingerprint density at radius 1 is 1.44 bits per heavy atom. The van der Waals surface area contributed by atoms with Crippen LogP contribution < -0.4 is 10.1 Å². The van der Waals surface area contributed by atoms with E-state index >= 15 is 0 Å². The van der Waals surface area contributed by atoms with E-state index in [0.717, 1.165) is 24.9 Å². The topological polar surface area (TPSA) is 37.4 Å². The van der Waals surface area contributed by atoms with E-state index in [1.807, 2.05) is 13.1 Å². The SMILES string of the molecule is CNCC1CCN(Cc2cccnc2OC)CC1. The molecule has 0 aliphatic carbocycles. The van der Waals surface area contributed by atoms with Crippen LogP contribution in [0.3, 0.4) is 0 Å². The highest BCUT2D eigenvalue weighted by molar-refractivity contribution is 5.25. The van der Waals surface area contributed by atoms with Gasteiger partial charge in [0, 0.05) is 18.3 Å². The Hall–Kier alpha value is -1.13. The summed E-state index contributed by atoms with van der Waals surface area (Å²) in [6, 6.07) is 4.08. The van der Waals surface area contributed by atoms with Crippen molar-refractivity contribution in [3.8, 4) is 5.88 Å². The normalized spacial score (nSPS) is 17.9. The van der Waals surface area contributed by atoms with Gasteiger partial charge in [-0.25, -0.2) is 4.98 Å². The Morgan fingerprint density at radius 3 is 2.89 bits per heavy atom. The third kappa shape index (κ3) is 3.43. The van der Waals surface area contributed by atoms with E-state index in [4.69, 9.17) is 4.74 Å². The predicted molar refractivity (Wildman–Crippen MR) is 72.7 cm³/mol. The molecular formula is C14H23N3O. The molecule has 1 N–H and O–H groups in total. The Balaban J connectivity index is 1.87. The molecule has 0 radical (unpaired) electrons. The Kier molecular flexibility index (Phi) is 4.96. The molecule has 0 saturated carbocycles. The minimum Gasteiger partial charge on any atom is -0.481 e. The number of hydrogen-bond acceptors (Lipinski definition) is 4. The van der Waals surface area contributed by atoms with E-state index in [-0.39, 0.29) is 0 Å². The van der Waals surface area contributed by atoms with Gasteiger partial charge in [-0.3, -0.25) is 4.90 Å². The number of piperidine rings is 1. The highest BCUT2D eigenvalue weighted by Crippen LogP contribution is 2.21. The van der Waals surface area contributed by atoms with E-state index < -0.39 is 0 Å². The number of rotatable bonds is 5. The van der Waals surface area contributed by atoms with E-state index in [1.165, 1.54) is 31.5 Å². The average Bonchev–Trinajstić information content (AvgIpc) is 2.42. The van der Waals surface area contributed by atoms with Crippen LogP contribution in [0.2, 0.25) is 0 Å². The zero-order valence-electron chi connectivity index (χ0n) is 11.4. The van der Waals surface area contributed by atoms with Crippen LogP contribution in [0.15, 0.2) is 18.3 Å². The van der Waals surface area contributed by atoms with Gasteiger partial charge in [-0.2, -0.15) is 0 Å². The van der Waals surface area contributed by atoms with Crippen molar-refractivity contribution in [2.45, 2.75) is 19.4 Å². The van der Waals surface area contributed by atoms with Gasteiger partial charge in [-0.15, -0.1) is 0 Å². The number of nitrogens with one attached hydrogen (secondary N) is 1. The summed E-state index contributed by atoms with van der Waals surface area (Å²) in [5, 5.41) is 3.27. The first kappa shape index (κ1) is 13.3. The van der Waals surface area contributed by atoms with Crippen molar-refractivity contribution in [1.82, 2.24) is 15.2 Å². The molecule has 2 heterocycles. The third-order valence-corrected chi connectivity index (χ3v) is 3.64.